The second kappa shape index (κ2) is 10.8. The molecule has 3 N–H and O–H groups in total. The number of rotatable bonds is 15. The molecule has 0 aliphatic heterocycles. The maximum atomic E-state index is 11.3. The molecular weight excluding hydrogens is 392 g/mol. The van der Waals surface area contributed by atoms with Gasteiger partial charge in [0.2, 0.25) is 30.1 Å². The zero-order chi connectivity index (χ0) is 19.6. The van der Waals surface area contributed by atoms with Crippen molar-refractivity contribution < 1.29 is 25.3 Å². The zero-order valence-electron chi connectivity index (χ0n) is 13.7. The first-order valence-corrected chi connectivity index (χ1v) is 11.7. The van der Waals surface area contributed by atoms with Crippen LogP contribution in [0.3, 0.4) is 0 Å². The molecule has 0 heterocycles. The van der Waals surface area contributed by atoms with Crippen molar-refractivity contribution in [3.63, 3.8) is 0 Å². The summed E-state index contributed by atoms with van der Waals surface area (Å²) >= 11 is 0. The van der Waals surface area contributed by atoms with Gasteiger partial charge in [-0.05, 0) is 0 Å². The van der Waals surface area contributed by atoms with Gasteiger partial charge in [-0.2, -0.15) is 0 Å². The van der Waals surface area contributed by atoms with E-state index in [1.807, 2.05) is 0 Å². The summed E-state index contributed by atoms with van der Waals surface area (Å²) in [7, 11) is -10.7. The van der Waals surface area contributed by atoms with Crippen molar-refractivity contribution >= 4 is 30.1 Å². The summed E-state index contributed by atoms with van der Waals surface area (Å²) in [6.45, 7) is 10.4. The Morgan fingerprint density at radius 2 is 0.840 bits per heavy atom. The second-order valence-corrected chi connectivity index (χ2v) is 9.80. The Kier molecular flexibility index (Phi) is 10.3. The molecule has 146 valence electrons. The summed E-state index contributed by atoms with van der Waals surface area (Å²) in [5.74, 6) is 0. The van der Waals surface area contributed by atoms with Gasteiger partial charge in [-0.3, -0.25) is 4.90 Å². The molecule has 0 aliphatic rings. The molecule has 0 saturated carbocycles. The van der Waals surface area contributed by atoms with E-state index in [1.165, 1.54) is 0 Å². The molecule has 0 radical (unpaired) electrons. The third-order valence-corrected chi connectivity index (χ3v) is 5.99. The summed E-state index contributed by atoms with van der Waals surface area (Å²) in [4.78, 5) is 1.68. The highest BCUT2D eigenvalue weighted by atomic mass is 32.2. The van der Waals surface area contributed by atoms with E-state index in [2.05, 4.69) is 33.9 Å². The van der Waals surface area contributed by atoms with Gasteiger partial charge in [0.1, 0.15) is 0 Å². The van der Waals surface area contributed by atoms with Gasteiger partial charge >= 0.3 is 0 Å². The van der Waals surface area contributed by atoms with Crippen molar-refractivity contribution in [3.8, 4) is 0 Å². The molecule has 0 aromatic heterocycles. The topological polar surface area (TPSA) is 142 Å². The minimum atomic E-state index is -3.57. The van der Waals surface area contributed by atoms with Crippen LogP contribution in [-0.4, -0.2) is 69.4 Å². The van der Waals surface area contributed by atoms with E-state index in [9.17, 15) is 25.3 Å². The van der Waals surface area contributed by atoms with Crippen molar-refractivity contribution in [2.24, 2.45) is 0 Å². The van der Waals surface area contributed by atoms with Crippen molar-refractivity contribution in [2.45, 2.75) is 0 Å². The Bertz CT molecular complexity index is 654. The van der Waals surface area contributed by atoms with E-state index in [4.69, 9.17) is 0 Å². The van der Waals surface area contributed by atoms with Gasteiger partial charge in [-0.1, -0.05) is 19.7 Å². The number of sulfonamides is 3. The maximum absolute atomic E-state index is 11.3. The van der Waals surface area contributed by atoms with Crippen LogP contribution in [0.4, 0.5) is 0 Å². The average molecular weight is 417 g/mol. The average Bonchev–Trinajstić information content (AvgIpc) is 2.54. The third-order valence-electron chi connectivity index (χ3n) is 2.85. The Morgan fingerprint density at radius 1 is 0.600 bits per heavy atom. The summed E-state index contributed by atoms with van der Waals surface area (Å²) in [5.41, 5.74) is 0. The summed E-state index contributed by atoms with van der Waals surface area (Å²) in [6, 6.07) is 0. The van der Waals surface area contributed by atoms with Gasteiger partial charge in [0.25, 0.3) is 0 Å². The Labute approximate surface area is 149 Å². The van der Waals surface area contributed by atoms with Crippen LogP contribution in [0.15, 0.2) is 36.0 Å². The maximum Gasteiger partial charge on any atom is 0.233 e. The monoisotopic (exact) mass is 416 g/mol. The number of nitrogens with one attached hydrogen (secondary N) is 3. The molecule has 10 nitrogen and oxygen atoms in total. The lowest BCUT2D eigenvalue weighted by Gasteiger charge is -2.22. The number of hydrogen-bond acceptors (Lipinski definition) is 7. The molecule has 13 heteroatoms. The number of hydrogen-bond donors (Lipinski definition) is 3. The first-order valence-electron chi connectivity index (χ1n) is 7.05. The normalized spacial score (nSPS) is 12.8. The molecular formula is C12H24N4O6S3. The van der Waals surface area contributed by atoms with Gasteiger partial charge < -0.3 is 0 Å². The van der Waals surface area contributed by atoms with Gasteiger partial charge in [0, 0.05) is 55.5 Å². The smallest absolute Gasteiger partial charge is 0.233 e. The van der Waals surface area contributed by atoms with E-state index >= 15 is 0 Å². The van der Waals surface area contributed by atoms with Crippen LogP contribution in [0.2, 0.25) is 0 Å². The van der Waals surface area contributed by atoms with Gasteiger partial charge in [-0.15, -0.1) is 0 Å². The van der Waals surface area contributed by atoms with Crippen molar-refractivity contribution in [3.05, 3.63) is 36.0 Å². The largest absolute Gasteiger partial charge is 0.299 e. The fourth-order valence-electron chi connectivity index (χ4n) is 1.55. The van der Waals surface area contributed by atoms with Crippen molar-refractivity contribution in [1.29, 1.82) is 0 Å². The quantitative estimate of drug-likeness (QED) is 0.294. The SMILES string of the molecule is C=CS(=O)(=O)NCCN(CCNS(=O)(=O)C=C)CCNS(=O)(=O)C=C. The van der Waals surface area contributed by atoms with Crippen LogP contribution in [0, 0.1) is 0 Å². The fraction of sp³-hybridized carbons (Fsp3) is 0.500. The van der Waals surface area contributed by atoms with Crippen LogP contribution >= 0.6 is 0 Å². The number of nitrogens with zero attached hydrogens (tertiary/aromatic N) is 1. The first-order chi connectivity index (χ1) is 11.5. The van der Waals surface area contributed by atoms with Crippen LogP contribution in [0.5, 0.6) is 0 Å². The third kappa shape index (κ3) is 12.0. The highest BCUT2D eigenvalue weighted by molar-refractivity contribution is 7.92. The molecule has 0 amide bonds. The molecule has 0 spiro atoms. The molecule has 0 unspecified atom stereocenters. The molecule has 0 aromatic carbocycles. The zero-order valence-corrected chi connectivity index (χ0v) is 16.2. The predicted octanol–water partition coefficient (Wildman–Crippen LogP) is -1.52. The lowest BCUT2D eigenvalue weighted by atomic mass is 10.4. The lowest BCUT2D eigenvalue weighted by molar-refractivity contribution is 0.287. The highest BCUT2D eigenvalue weighted by Gasteiger charge is 2.11. The molecule has 0 aromatic rings. The molecule has 0 saturated heterocycles. The Balaban J connectivity index is 4.61. The van der Waals surface area contributed by atoms with E-state index < -0.39 is 30.1 Å². The molecule has 0 aliphatic carbocycles. The molecule has 0 bridgehead atoms. The fourth-order valence-corrected chi connectivity index (χ4v) is 3.03. The molecule has 0 rings (SSSR count). The van der Waals surface area contributed by atoms with E-state index in [1.54, 1.807) is 4.90 Å². The minimum Gasteiger partial charge on any atom is -0.299 e. The second-order valence-electron chi connectivity index (χ2n) is 4.66. The predicted molar refractivity (Wildman–Crippen MR) is 97.8 cm³/mol. The van der Waals surface area contributed by atoms with Crippen molar-refractivity contribution in [1.82, 2.24) is 19.1 Å². The van der Waals surface area contributed by atoms with Gasteiger partial charge in [-0.25, -0.2) is 39.4 Å². The van der Waals surface area contributed by atoms with Crippen molar-refractivity contribution in [2.75, 3.05) is 39.3 Å². The van der Waals surface area contributed by atoms with E-state index in [-0.39, 0.29) is 39.3 Å². The minimum absolute atomic E-state index is 0.0524. The van der Waals surface area contributed by atoms with E-state index in [0.29, 0.717) is 0 Å². The summed E-state index contributed by atoms with van der Waals surface area (Å²) in [6.07, 6.45) is 0. The van der Waals surface area contributed by atoms with Crippen LogP contribution in [0.25, 0.3) is 0 Å². The summed E-state index contributed by atoms with van der Waals surface area (Å²) < 4.78 is 74.6. The molecule has 0 atom stereocenters. The summed E-state index contributed by atoms with van der Waals surface area (Å²) in [5, 5.41) is 2.31. The lowest BCUT2D eigenvalue weighted by Crippen LogP contribution is -2.42. The molecule has 25 heavy (non-hydrogen) atoms. The molecule has 0 fully saturated rings. The van der Waals surface area contributed by atoms with Crippen LogP contribution < -0.4 is 14.2 Å². The highest BCUT2D eigenvalue weighted by Crippen LogP contribution is 1.91. The Morgan fingerprint density at radius 3 is 1.04 bits per heavy atom. The standard InChI is InChI=1S/C12H24N4O6S3/c1-4-23(17,18)13-7-10-16(11-8-14-24(19,20)5-2)12-9-15-25(21,22)6-3/h4-6,13-15H,1-3,7-12H2. The first kappa shape index (κ1) is 23.9. The Hall–Kier alpha value is -1.09. The van der Waals surface area contributed by atoms with Gasteiger partial charge in [0.15, 0.2) is 0 Å². The van der Waals surface area contributed by atoms with Gasteiger partial charge in [0.05, 0.1) is 0 Å². The van der Waals surface area contributed by atoms with E-state index in [0.717, 1.165) is 16.2 Å². The van der Waals surface area contributed by atoms with Crippen LogP contribution in [0.1, 0.15) is 0 Å². The van der Waals surface area contributed by atoms with Crippen LogP contribution in [-0.2, 0) is 30.1 Å².